The van der Waals surface area contributed by atoms with Crippen molar-refractivity contribution in [2.75, 3.05) is 0 Å². The maximum Gasteiger partial charge on any atom is 0.419 e. The summed E-state index contributed by atoms with van der Waals surface area (Å²) in [5.74, 6) is 0.0174. The molecular formula is C14H19F3O. The minimum absolute atomic E-state index is 0.0930. The van der Waals surface area contributed by atoms with Crippen molar-refractivity contribution in [2.24, 2.45) is 0 Å². The number of halogens is 3. The van der Waals surface area contributed by atoms with Gasteiger partial charge in [0.05, 0.1) is 11.7 Å². The molecule has 0 saturated heterocycles. The largest absolute Gasteiger partial charge is 0.490 e. The summed E-state index contributed by atoms with van der Waals surface area (Å²) >= 11 is 0. The van der Waals surface area contributed by atoms with E-state index in [9.17, 15) is 13.2 Å². The average Bonchev–Trinajstić information content (AvgIpc) is 2.26. The molecule has 0 amide bonds. The summed E-state index contributed by atoms with van der Waals surface area (Å²) in [5.41, 5.74) is 0.00920. The molecule has 0 saturated carbocycles. The van der Waals surface area contributed by atoms with Crippen molar-refractivity contribution in [3.8, 4) is 5.75 Å². The molecule has 0 heterocycles. The molecule has 0 radical (unpaired) electrons. The summed E-state index contributed by atoms with van der Waals surface area (Å²) in [6.07, 6.45) is -3.85. The highest BCUT2D eigenvalue weighted by Crippen LogP contribution is 2.38. The maximum atomic E-state index is 13.0. The van der Waals surface area contributed by atoms with Crippen LogP contribution >= 0.6 is 0 Å². The van der Waals surface area contributed by atoms with Gasteiger partial charge >= 0.3 is 6.18 Å². The molecule has 0 aliphatic carbocycles. The van der Waals surface area contributed by atoms with Crippen LogP contribution in [0.4, 0.5) is 13.2 Å². The van der Waals surface area contributed by atoms with Gasteiger partial charge in [-0.2, -0.15) is 13.2 Å². The smallest absolute Gasteiger partial charge is 0.419 e. The van der Waals surface area contributed by atoms with Gasteiger partial charge < -0.3 is 4.74 Å². The highest BCUT2D eigenvalue weighted by molar-refractivity contribution is 5.40. The Morgan fingerprint density at radius 3 is 2.22 bits per heavy atom. The molecule has 1 atom stereocenters. The van der Waals surface area contributed by atoms with Crippen LogP contribution in [0.2, 0.25) is 0 Å². The van der Waals surface area contributed by atoms with Gasteiger partial charge in [0.25, 0.3) is 0 Å². The molecule has 1 nitrogen and oxygen atoms in total. The van der Waals surface area contributed by atoms with Crippen LogP contribution in [0.3, 0.4) is 0 Å². The van der Waals surface area contributed by atoms with Gasteiger partial charge in [-0.05, 0) is 43.9 Å². The van der Waals surface area contributed by atoms with E-state index in [4.69, 9.17) is 4.74 Å². The third-order valence-corrected chi connectivity index (χ3v) is 2.85. The van der Waals surface area contributed by atoms with Crippen molar-refractivity contribution >= 4 is 0 Å². The van der Waals surface area contributed by atoms with Crippen molar-refractivity contribution in [2.45, 2.75) is 52.3 Å². The zero-order valence-electron chi connectivity index (χ0n) is 11.1. The van der Waals surface area contributed by atoms with E-state index >= 15 is 0 Å². The zero-order valence-corrected chi connectivity index (χ0v) is 11.1. The topological polar surface area (TPSA) is 9.23 Å². The number of hydrogen-bond acceptors (Lipinski definition) is 1. The van der Waals surface area contributed by atoms with Crippen molar-refractivity contribution < 1.29 is 17.9 Å². The maximum absolute atomic E-state index is 13.0. The van der Waals surface area contributed by atoms with Crippen LogP contribution in [-0.4, -0.2) is 6.10 Å². The summed E-state index contributed by atoms with van der Waals surface area (Å²) < 4.78 is 44.1. The van der Waals surface area contributed by atoms with Gasteiger partial charge in [0.1, 0.15) is 5.75 Å². The monoisotopic (exact) mass is 260 g/mol. The van der Waals surface area contributed by atoms with E-state index < -0.39 is 11.7 Å². The van der Waals surface area contributed by atoms with E-state index in [-0.39, 0.29) is 17.8 Å². The lowest BCUT2D eigenvalue weighted by Crippen LogP contribution is -2.13. The molecule has 102 valence electrons. The van der Waals surface area contributed by atoms with Gasteiger partial charge in [-0.25, -0.2) is 0 Å². The Bertz CT molecular complexity index is 397. The summed E-state index contributed by atoms with van der Waals surface area (Å²) in [6.45, 7) is 7.29. The second-order valence-electron chi connectivity index (χ2n) is 4.73. The highest BCUT2D eigenvalue weighted by atomic mass is 19.4. The molecule has 0 aliphatic heterocycles. The fourth-order valence-electron chi connectivity index (χ4n) is 1.67. The Hall–Kier alpha value is -1.19. The van der Waals surface area contributed by atoms with Crippen LogP contribution < -0.4 is 4.74 Å². The normalized spacial score (nSPS) is 13.8. The average molecular weight is 260 g/mol. The standard InChI is InChI=1S/C14H19F3O/c1-5-10(4)11-6-7-13(18-9(2)3)12(8-11)14(15,16)17/h6-10H,5H2,1-4H3. The van der Waals surface area contributed by atoms with E-state index in [0.717, 1.165) is 6.42 Å². The molecule has 0 fully saturated rings. The van der Waals surface area contributed by atoms with Crippen LogP contribution in [0.15, 0.2) is 18.2 Å². The Kier molecular flexibility index (Phi) is 4.65. The number of benzene rings is 1. The predicted octanol–water partition coefficient (Wildman–Crippen LogP) is 5.01. The second kappa shape index (κ2) is 5.63. The number of hydrogen-bond donors (Lipinski definition) is 0. The first-order valence-electron chi connectivity index (χ1n) is 6.13. The highest BCUT2D eigenvalue weighted by Gasteiger charge is 2.35. The van der Waals surface area contributed by atoms with Gasteiger partial charge in [0, 0.05) is 0 Å². The molecule has 1 aromatic carbocycles. The van der Waals surface area contributed by atoms with Crippen molar-refractivity contribution in [1.29, 1.82) is 0 Å². The molecule has 0 bridgehead atoms. The lowest BCUT2D eigenvalue weighted by atomic mass is 9.96. The summed E-state index contributed by atoms with van der Waals surface area (Å²) in [5, 5.41) is 0. The summed E-state index contributed by atoms with van der Waals surface area (Å²) in [7, 11) is 0. The molecule has 4 heteroatoms. The van der Waals surface area contributed by atoms with E-state index in [2.05, 4.69) is 0 Å². The lowest BCUT2D eigenvalue weighted by Gasteiger charge is -2.19. The van der Waals surface area contributed by atoms with Crippen molar-refractivity contribution in [3.63, 3.8) is 0 Å². The van der Waals surface area contributed by atoms with Gasteiger partial charge in [0.2, 0.25) is 0 Å². The van der Waals surface area contributed by atoms with Gasteiger partial charge in [0.15, 0.2) is 0 Å². The van der Waals surface area contributed by atoms with Gasteiger partial charge in [-0.1, -0.05) is 19.9 Å². The molecule has 18 heavy (non-hydrogen) atoms. The van der Waals surface area contributed by atoms with Crippen LogP contribution in [-0.2, 0) is 6.18 Å². The molecule has 1 unspecified atom stereocenters. The third kappa shape index (κ3) is 3.65. The third-order valence-electron chi connectivity index (χ3n) is 2.85. The summed E-state index contributed by atoms with van der Waals surface area (Å²) in [6, 6.07) is 4.33. The molecule has 0 aliphatic rings. The van der Waals surface area contributed by atoms with Crippen LogP contribution in [0.1, 0.15) is 51.2 Å². The van der Waals surface area contributed by atoms with E-state index in [1.54, 1.807) is 19.9 Å². The van der Waals surface area contributed by atoms with E-state index in [0.29, 0.717) is 5.56 Å². The molecule has 1 rings (SSSR count). The Balaban J connectivity index is 3.21. The second-order valence-corrected chi connectivity index (χ2v) is 4.73. The quantitative estimate of drug-likeness (QED) is 0.739. The fraction of sp³-hybridized carbons (Fsp3) is 0.571. The summed E-state index contributed by atoms with van der Waals surface area (Å²) in [4.78, 5) is 0. The van der Waals surface area contributed by atoms with Crippen LogP contribution in [0, 0.1) is 0 Å². The number of ether oxygens (including phenoxy) is 1. The van der Waals surface area contributed by atoms with Crippen LogP contribution in [0.5, 0.6) is 5.75 Å². The van der Waals surface area contributed by atoms with E-state index in [1.807, 2.05) is 13.8 Å². The Labute approximate surface area is 106 Å². The van der Waals surface area contributed by atoms with E-state index in [1.165, 1.54) is 12.1 Å². The molecule has 0 N–H and O–H groups in total. The number of alkyl halides is 3. The first-order valence-corrected chi connectivity index (χ1v) is 6.13. The molecule has 1 aromatic rings. The lowest BCUT2D eigenvalue weighted by molar-refractivity contribution is -0.139. The van der Waals surface area contributed by atoms with Crippen molar-refractivity contribution in [3.05, 3.63) is 29.3 Å². The fourth-order valence-corrected chi connectivity index (χ4v) is 1.67. The molecular weight excluding hydrogens is 241 g/mol. The van der Waals surface area contributed by atoms with Gasteiger partial charge in [-0.15, -0.1) is 0 Å². The van der Waals surface area contributed by atoms with Gasteiger partial charge in [-0.3, -0.25) is 0 Å². The van der Waals surface area contributed by atoms with Crippen molar-refractivity contribution in [1.82, 2.24) is 0 Å². The Morgan fingerprint density at radius 1 is 1.17 bits per heavy atom. The predicted molar refractivity (Wildman–Crippen MR) is 65.9 cm³/mol. The number of rotatable bonds is 4. The zero-order chi connectivity index (χ0) is 13.9. The van der Waals surface area contributed by atoms with Crippen LogP contribution in [0.25, 0.3) is 0 Å². The molecule has 0 spiro atoms. The molecule has 0 aromatic heterocycles. The first-order chi connectivity index (χ1) is 8.25. The Morgan fingerprint density at radius 2 is 1.78 bits per heavy atom. The minimum Gasteiger partial charge on any atom is -0.490 e. The minimum atomic E-state index is -4.38. The first kappa shape index (κ1) is 14.9. The SMILES string of the molecule is CCC(C)c1ccc(OC(C)C)c(C(F)(F)F)c1.